The van der Waals surface area contributed by atoms with Crippen molar-refractivity contribution in [1.82, 2.24) is 4.90 Å². The molecule has 2 aromatic rings. The van der Waals surface area contributed by atoms with Crippen molar-refractivity contribution in [2.24, 2.45) is 4.99 Å². The number of hydrogen-bond acceptors (Lipinski definition) is 1. The number of aliphatic imine (C=N–C) groups is 1. The molecule has 128 valence electrons. The first-order chi connectivity index (χ1) is 11.5. The van der Waals surface area contributed by atoms with Crippen LogP contribution in [-0.4, -0.2) is 24.8 Å². The maximum Gasteiger partial charge on any atom is 0.0909 e. The Kier molecular flexibility index (Phi) is 6.60. The summed E-state index contributed by atoms with van der Waals surface area (Å²) in [5.41, 5.74) is 7.56. The average Bonchev–Trinajstić information content (AvgIpc) is 2.60. The van der Waals surface area contributed by atoms with Gasteiger partial charge in [-0.1, -0.05) is 37.6 Å². The SMILES string of the molecule is CCCCc1ccc(-c2cc(C)c(/N=C/N(C)CC)cc2C)cc1. The summed E-state index contributed by atoms with van der Waals surface area (Å²) in [6.07, 6.45) is 5.59. The molecule has 2 heteroatoms. The van der Waals surface area contributed by atoms with E-state index in [1.807, 2.05) is 13.4 Å². The molecule has 0 saturated heterocycles. The molecule has 0 fully saturated rings. The second-order valence-corrected chi connectivity index (χ2v) is 6.57. The molecule has 0 spiro atoms. The lowest BCUT2D eigenvalue weighted by atomic mass is 9.96. The minimum Gasteiger partial charge on any atom is -0.366 e. The zero-order valence-electron chi connectivity index (χ0n) is 15.8. The molecular formula is C22H30N2. The van der Waals surface area contributed by atoms with Crippen molar-refractivity contribution in [2.45, 2.75) is 47.0 Å². The molecule has 0 amide bonds. The Morgan fingerprint density at radius 1 is 1.00 bits per heavy atom. The van der Waals surface area contributed by atoms with Gasteiger partial charge in [0.1, 0.15) is 0 Å². The molecule has 0 aromatic heterocycles. The van der Waals surface area contributed by atoms with Crippen LogP contribution in [0.25, 0.3) is 11.1 Å². The van der Waals surface area contributed by atoms with Crippen LogP contribution in [0.3, 0.4) is 0 Å². The summed E-state index contributed by atoms with van der Waals surface area (Å²) in [5, 5.41) is 0. The molecule has 0 bridgehead atoms. The van der Waals surface area contributed by atoms with Crippen LogP contribution in [0.2, 0.25) is 0 Å². The lowest BCUT2D eigenvalue weighted by molar-refractivity contribution is 0.552. The van der Waals surface area contributed by atoms with Crippen LogP contribution in [0.4, 0.5) is 5.69 Å². The number of nitrogens with zero attached hydrogens (tertiary/aromatic N) is 2. The molecule has 0 unspecified atom stereocenters. The quantitative estimate of drug-likeness (QED) is 0.456. The summed E-state index contributed by atoms with van der Waals surface area (Å²) in [5.74, 6) is 0. The summed E-state index contributed by atoms with van der Waals surface area (Å²) < 4.78 is 0. The van der Waals surface area contributed by atoms with Gasteiger partial charge in [-0.2, -0.15) is 0 Å². The molecule has 0 radical (unpaired) electrons. The van der Waals surface area contributed by atoms with Crippen molar-refractivity contribution >= 4 is 12.0 Å². The topological polar surface area (TPSA) is 15.6 Å². The fourth-order valence-corrected chi connectivity index (χ4v) is 2.73. The van der Waals surface area contributed by atoms with Gasteiger partial charge in [-0.3, -0.25) is 0 Å². The zero-order chi connectivity index (χ0) is 17.5. The van der Waals surface area contributed by atoms with Crippen LogP contribution in [0.15, 0.2) is 41.4 Å². The predicted octanol–water partition coefficient (Wildman–Crippen LogP) is 5.92. The van der Waals surface area contributed by atoms with Gasteiger partial charge in [-0.15, -0.1) is 0 Å². The normalized spacial score (nSPS) is 11.2. The third kappa shape index (κ3) is 4.70. The van der Waals surface area contributed by atoms with Crippen LogP contribution in [0.1, 0.15) is 43.4 Å². The second-order valence-electron chi connectivity index (χ2n) is 6.57. The van der Waals surface area contributed by atoms with Crippen LogP contribution >= 0.6 is 0 Å². The number of unbranched alkanes of at least 4 members (excludes halogenated alkanes) is 1. The summed E-state index contributed by atoms with van der Waals surface area (Å²) in [6, 6.07) is 13.5. The highest BCUT2D eigenvalue weighted by atomic mass is 15.1. The lowest BCUT2D eigenvalue weighted by Gasteiger charge is -2.12. The molecule has 2 rings (SSSR count). The maximum absolute atomic E-state index is 4.62. The summed E-state index contributed by atoms with van der Waals surface area (Å²) in [6.45, 7) is 9.63. The Hall–Kier alpha value is -2.09. The third-order valence-electron chi connectivity index (χ3n) is 4.52. The van der Waals surface area contributed by atoms with Gasteiger partial charge in [0.15, 0.2) is 0 Å². The van der Waals surface area contributed by atoms with E-state index in [-0.39, 0.29) is 0 Å². The van der Waals surface area contributed by atoms with E-state index in [1.165, 1.54) is 47.1 Å². The molecule has 0 heterocycles. The first kappa shape index (κ1) is 18.3. The second kappa shape index (κ2) is 8.68. The maximum atomic E-state index is 4.62. The van der Waals surface area contributed by atoms with Gasteiger partial charge in [0.05, 0.1) is 12.0 Å². The van der Waals surface area contributed by atoms with E-state index in [4.69, 9.17) is 0 Å². The summed E-state index contributed by atoms with van der Waals surface area (Å²) in [7, 11) is 2.04. The first-order valence-corrected chi connectivity index (χ1v) is 9.00. The number of aryl methyl sites for hydroxylation is 3. The van der Waals surface area contributed by atoms with Crippen molar-refractivity contribution in [3.63, 3.8) is 0 Å². The summed E-state index contributed by atoms with van der Waals surface area (Å²) in [4.78, 5) is 6.70. The minimum atomic E-state index is 0.962. The molecule has 0 aliphatic carbocycles. The van der Waals surface area contributed by atoms with Gasteiger partial charge in [0.2, 0.25) is 0 Å². The van der Waals surface area contributed by atoms with E-state index in [0.29, 0.717) is 0 Å². The number of benzene rings is 2. The Morgan fingerprint density at radius 3 is 2.33 bits per heavy atom. The van der Waals surface area contributed by atoms with Gasteiger partial charge in [-0.05, 0) is 73.6 Å². The van der Waals surface area contributed by atoms with Crippen molar-refractivity contribution in [3.8, 4) is 11.1 Å². The Morgan fingerprint density at radius 2 is 1.71 bits per heavy atom. The molecular weight excluding hydrogens is 292 g/mol. The summed E-state index contributed by atoms with van der Waals surface area (Å²) >= 11 is 0. The fourth-order valence-electron chi connectivity index (χ4n) is 2.73. The van der Waals surface area contributed by atoms with Crippen LogP contribution in [0.5, 0.6) is 0 Å². The predicted molar refractivity (Wildman–Crippen MR) is 106 cm³/mol. The van der Waals surface area contributed by atoms with E-state index in [1.54, 1.807) is 0 Å². The molecule has 0 aliphatic rings. The third-order valence-corrected chi connectivity index (χ3v) is 4.52. The van der Waals surface area contributed by atoms with Gasteiger partial charge < -0.3 is 4.90 Å². The van der Waals surface area contributed by atoms with Crippen LogP contribution < -0.4 is 0 Å². The molecule has 2 nitrogen and oxygen atoms in total. The van der Waals surface area contributed by atoms with Crippen LogP contribution in [0, 0.1) is 13.8 Å². The van der Waals surface area contributed by atoms with Crippen molar-refractivity contribution in [3.05, 3.63) is 53.1 Å². The Bertz CT molecular complexity index is 684. The fraction of sp³-hybridized carbons (Fsp3) is 0.409. The van der Waals surface area contributed by atoms with E-state index in [0.717, 1.165) is 12.2 Å². The van der Waals surface area contributed by atoms with Crippen LogP contribution in [-0.2, 0) is 6.42 Å². The van der Waals surface area contributed by atoms with Gasteiger partial charge in [-0.25, -0.2) is 4.99 Å². The van der Waals surface area contributed by atoms with Crippen molar-refractivity contribution < 1.29 is 0 Å². The molecule has 0 saturated carbocycles. The van der Waals surface area contributed by atoms with E-state index in [2.05, 4.69) is 74.0 Å². The molecule has 0 N–H and O–H groups in total. The molecule has 0 aliphatic heterocycles. The van der Waals surface area contributed by atoms with Crippen molar-refractivity contribution in [2.75, 3.05) is 13.6 Å². The highest BCUT2D eigenvalue weighted by molar-refractivity contribution is 5.73. The Balaban J connectivity index is 2.25. The molecule has 0 atom stereocenters. The highest BCUT2D eigenvalue weighted by Crippen LogP contribution is 2.30. The van der Waals surface area contributed by atoms with Crippen molar-refractivity contribution in [1.29, 1.82) is 0 Å². The highest BCUT2D eigenvalue weighted by Gasteiger charge is 2.06. The van der Waals surface area contributed by atoms with E-state index in [9.17, 15) is 0 Å². The van der Waals surface area contributed by atoms with E-state index >= 15 is 0 Å². The monoisotopic (exact) mass is 322 g/mol. The standard InChI is InChI=1S/C22H30N2/c1-6-8-9-19-10-12-20(13-11-19)21-14-18(4)22(15-17(21)3)23-16-24(5)7-2/h10-16H,6-9H2,1-5H3/b23-16+. The first-order valence-electron chi connectivity index (χ1n) is 9.00. The van der Waals surface area contributed by atoms with Gasteiger partial charge in [0, 0.05) is 13.6 Å². The van der Waals surface area contributed by atoms with Gasteiger partial charge >= 0.3 is 0 Å². The minimum absolute atomic E-state index is 0.962. The zero-order valence-corrected chi connectivity index (χ0v) is 15.8. The Labute approximate surface area is 147 Å². The largest absolute Gasteiger partial charge is 0.366 e. The van der Waals surface area contributed by atoms with Gasteiger partial charge in [0.25, 0.3) is 0 Å². The molecule has 24 heavy (non-hydrogen) atoms. The molecule has 2 aromatic carbocycles. The average molecular weight is 322 g/mol. The lowest BCUT2D eigenvalue weighted by Crippen LogP contribution is -2.14. The number of hydrogen-bond donors (Lipinski definition) is 0. The number of rotatable bonds is 7. The van der Waals surface area contributed by atoms with E-state index < -0.39 is 0 Å². The smallest absolute Gasteiger partial charge is 0.0909 e.